The quantitative estimate of drug-likeness (QED) is 0.697. The standard InChI is InChI=1S/C20H24N6O/c1-4-25(5-2)18-12-10-17(11-13-18)21-19(27)14-26-23-20(22-24-26)16-8-6-15(3)7-9-16/h6-13H,4-5,14H2,1-3H3,(H,21,27). The maximum Gasteiger partial charge on any atom is 0.248 e. The number of hydrogen-bond donors (Lipinski definition) is 1. The topological polar surface area (TPSA) is 75.9 Å². The van der Waals surface area contributed by atoms with Crippen LogP contribution in [0.4, 0.5) is 11.4 Å². The third-order valence-corrected chi connectivity index (χ3v) is 4.33. The number of rotatable bonds is 7. The van der Waals surface area contributed by atoms with Crippen LogP contribution in [-0.2, 0) is 11.3 Å². The summed E-state index contributed by atoms with van der Waals surface area (Å²) in [5.41, 5.74) is 3.92. The van der Waals surface area contributed by atoms with Gasteiger partial charge < -0.3 is 10.2 Å². The normalized spacial score (nSPS) is 10.6. The van der Waals surface area contributed by atoms with Crippen molar-refractivity contribution in [3.05, 3.63) is 54.1 Å². The van der Waals surface area contributed by atoms with E-state index in [9.17, 15) is 4.79 Å². The molecule has 140 valence electrons. The van der Waals surface area contributed by atoms with Gasteiger partial charge in [-0.25, -0.2) is 0 Å². The van der Waals surface area contributed by atoms with E-state index < -0.39 is 0 Å². The Balaban J connectivity index is 1.60. The summed E-state index contributed by atoms with van der Waals surface area (Å²) < 4.78 is 0. The molecule has 0 saturated heterocycles. The molecule has 3 aromatic rings. The van der Waals surface area contributed by atoms with Gasteiger partial charge in [0.15, 0.2) is 0 Å². The molecule has 3 rings (SSSR count). The van der Waals surface area contributed by atoms with Crippen molar-refractivity contribution in [3.63, 3.8) is 0 Å². The molecule has 2 aromatic carbocycles. The molecular weight excluding hydrogens is 340 g/mol. The number of nitrogens with one attached hydrogen (secondary N) is 1. The van der Waals surface area contributed by atoms with E-state index in [-0.39, 0.29) is 12.5 Å². The highest BCUT2D eigenvalue weighted by atomic mass is 16.2. The second kappa shape index (κ2) is 8.44. The Morgan fingerprint density at radius 3 is 2.33 bits per heavy atom. The molecule has 0 aliphatic carbocycles. The maximum absolute atomic E-state index is 12.3. The third-order valence-electron chi connectivity index (χ3n) is 4.33. The lowest BCUT2D eigenvalue weighted by Gasteiger charge is -2.21. The predicted molar refractivity (Wildman–Crippen MR) is 107 cm³/mol. The first-order valence-corrected chi connectivity index (χ1v) is 9.08. The zero-order valence-electron chi connectivity index (χ0n) is 15.9. The van der Waals surface area contributed by atoms with Crippen LogP contribution in [0.2, 0.25) is 0 Å². The highest BCUT2D eigenvalue weighted by molar-refractivity contribution is 5.90. The van der Waals surface area contributed by atoms with Crippen LogP contribution in [0.1, 0.15) is 19.4 Å². The number of carbonyl (C=O) groups is 1. The number of nitrogens with zero attached hydrogens (tertiary/aromatic N) is 5. The zero-order chi connectivity index (χ0) is 19.2. The average Bonchev–Trinajstić information content (AvgIpc) is 3.13. The number of benzene rings is 2. The van der Waals surface area contributed by atoms with E-state index in [2.05, 4.69) is 39.5 Å². The van der Waals surface area contributed by atoms with Crippen LogP contribution in [0.15, 0.2) is 48.5 Å². The molecular formula is C20H24N6O. The van der Waals surface area contributed by atoms with E-state index in [0.29, 0.717) is 5.82 Å². The van der Waals surface area contributed by atoms with Gasteiger partial charge in [-0.3, -0.25) is 4.79 Å². The Kier molecular flexibility index (Phi) is 5.80. The number of carbonyl (C=O) groups excluding carboxylic acids is 1. The van der Waals surface area contributed by atoms with Crippen LogP contribution in [-0.4, -0.2) is 39.2 Å². The van der Waals surface area contributed by atoms with E-state index in [1.54, 1.807) is 0 Å². The van der Waals surface area contributed by atoms with E-state index in [1.807, 2.05) is 55.5 Å². The van der Waals surface area contributed by atoms with Gasteiger partial charge in [0.05, 0.1) is 0 Å². The second-order valence-corrected chi connectivity index (χ2v) is 6.28. The molecule has 0 bridgehead atoms. The molecule has 0 aliphatic rings. The molecule has 0 spiro atoms. The summed E-state index contributed by atoms with van der Waals surface area (Å²) in [7, 11) is 0. The molecule has 0 radical (unpaired) electrons. The molecule has 0 atom stereocenters. The minimum Gasteiger partial charge on any atom is -0.372 e. The van der Waals surface area contributed by atoms with Crippen LogP contribution >= 0.6 is 0 Å². The first-order chi connectivity index (χ1) is 13.1. The van der Waals surface area contributed by atoms with E-state index in [0.717, 1.165) is 35.6 Å². The molecule has 1 heterocycles. The number of aryl methyl sites for hydroxylation is 1. The first kappa shape index (κ1) is 18.6. The number of aromatic nitrogens is 4. The fourth-order valence-electron chi connectivity index (χ4n) is 2.80. The van der Waals surface area contributed by atoms with E-state index in [4.69, 9.17) is 0 Å². The summed E-state index contributed by atoms with van der Waals surface area (Å²) in [5, 5.41) is 15.1. The van der Waals surface area contributed by atoms with Crippen LogP contribution < -0.4 is 10.2 Å². The van der Waals surface area contributed by atoms with Crippen molar-refractivity contribution < 1.29 is 4.79 Å². The smallest absolute Gasteiger partial charge is 0.248 e. The monoisotopic (exact) mass is 364 g/mol. The van der Waals surface area contributed by atoms with Crippen molar-refractivity contribution in [1.82, 2.24) is 20.2 Å². The maximum atomic E-state index is 12.3. The lowest BCUT2D eigenvalue weighted by Crippen LogP contribution is -2.22. The van der Waals surface area contributed by atoms with Gasteiger partial charge in [-0.1, -0.05) is 29.8 Å². The first-order valence-electron chi connectivity index (χ1n) is 9.08. The molecule has 1 amide bonds. The molecule has 0 aliphatic heterocycles. The van der Waals surface area contributed by atoms with Gasteiger partial charge >= 0.3 is 0 Å². The summed E-state index contributed by atoms with van der Waals surface area (Å²) in [6, 6.07) is 15.7. The molecule has 0 unspecified atom stereocenters. The predicted octanol–water partition coefficient (Wildman–Crippen LogP) is 3.13. The Morgan fingerprint density at radius 1 is 1.04 bits per heavy atom. The minimum absolute atomic E-state index is 0.0106. The molecule has 0 fully saturated rings. The summed E-state index contributed by atoms with van der Waals surface area (Å²) in [6.07, 6.45) is 0. The highest BCUT2D eigenvalue weighted by Gasteiger charge is 2.10. The average molecular weight is 364 g/mol. The van der Waals surface area contributed by atoms with Crippen LogP contribution in [0.25, 0.3) is 11.4 Å². The van der Waals surface area contributed by atoms with Crippen molar-refractivity contribution in [3.8, 4) is 11.4 Å². The zero-order valence-corrected chi connectivity index (χ0v) is 15.9. The Labute approximate surface area is 159 Å². The number of amides is 1. The van der Waals surface area contributed by atoms with Gasteiger partial charge in [0.1, 0.15) is 6.54 Å². The second-order valence-electron chi connectivity index (χ2n) is 6.28. The molecule has 7 heteroatoms. The third kappa shape index (κ3) is 4.69. The van der Waals surface area contributed by atoms with Gasteiger partial charge in [0, 0.05) is 30.0 Å². The molecule has 0 saturated carbocycles. The Bertz CT molecular complexity index is 882. The minimum atomic E-state index is -0.196. The number of anilines is 2. The van der Waals surface area contributed by atoms with Crippen molar-refractivity contribution in [1.29, 1.82) is 0 Å². The highest BCUT2D eigenvalue weighted by Crippen LogP contribution is 2.18. The summed E-state index contributed by atoms with van der Waals surface area (Å²) in [6.45, 7) is 8.17. The summed E-state index contributed by atoms with van der Waals surface area (Å²) in [4.78, 5) is 15.8. The lowest BCUT2D eigenvalue weighted by molar-refractivity contribution is -0.117. The van der Waals surface area contributed by atoms with Crippen molar-refractivity contribution in [2.75, 3.05) is 23.3 Å². The van der Waals surface area contributed by atoms with Crippen molar-refractivity contribution in [2.24, 2.45) is 0 Å². The van der Waals surface area contributed by atoms with Crippen LogP contribution in [0.3, 0.4) is 0 Å². The Morgan fingerprint density at radius 2 is 1.70 bits per heavy atom. The van der Waals surface area contributed by atoms with Gasteiger partial charge in [-0.2, -0.15) is 4.80 Å². The molecule has 27 heavy (non-hydrogen) atoms. The molecule has 7 nitrogen and oxygen atoms in total. The molecule has 1 aromatic heterocycles. The van der Waals surface area contributed by atoms with Gasteiger partial charge in [0.25, 0.3) is 0 Å². The number of hydrogen-bond acceptors (Lipinski definition) is 5. The largest absolute Gasteiger partial charge is 0.372 e. The van der Waals surface area contributed by atoms with Crippen molar-refractivity contribution >= 4 is 17.3 Å². The lowest BCUT2D eigenvalue weighted by atomic mass is 10.1. The van der Waals surface area contributed by atoms with Crippen molar-refractivity contribution in [2.45, 2.75) is 27.3 Å². The van der Waals surface area contributed by atoms with E-state index >= 15 is 0 Å². The van der Waals surface area contributed by atoms with Gasteiger partial charge in [0.2, 0.25) is 11.7 Å². The number of tetrazole rings is 1. The fraction of sp³-hybridized carbons (Fsp3) is 0.300. The Hall–Kier alpha value is -3.22. The van der Waals surface area contributed by atoms with E-state index in [1.165, 1.54) is 4.80 Å². The van der Waals surface area contributed by atoms with Gasteiger partial charge in [-0.15, -0.1) is 10.2 Å². The SMILES string of the molecule is CCN(CC)c1ccc(NC(=O)Cn2nnc(-c3ccc(C)cc3)n2)cc1. The molecule has 1 N–H and O–H groups in total. The van der Waals surface area contributed by atoms with Gasteiger partial charge in [-0.05, 0) is 50.3 Å². The van der Waals surface area contributed by atoms with Crippen LogP contribution in [0.5, 0.6) is 0 Å². The fourth-order valence-corrected chi connectivity index (χ4v) is 2.80. The summed E-state index contributed by atoms with van der Waals surface area (Å²) >= 11 is 0. The summed E-state index contributed by atoms with van der Waals surface area (Å²) in [5.74, 6) is 0.310. The van der Waals surface area contributed by atoms with Crippen LogP contribution in [0, 0.1) is 6.92 Å².